The SMILES string of the molecule is CCNCCc1ccccc1COCCC(C)C. The first kappa shape index (κ1) is 15.2. The number of hydrogen-bond acceptors (Lipinski definition) is 2. The van der Waals surface area contributed by atoms with Crippen LogP contribution >= 0.6 is 0 Å². The molecule has 0 bridgehead atoms. The fourth-order valence-electron chi connectivity index (χ4n) is 1.84. The summed E-state index contributed by atoms with van der Waals surface area (Å²) in [5.74, 6) is 0.717. The van der Waals surface area contributed by atoms with E-state index in [-0.39, 0.29) is 0 Å². The third-order valence-corrected chi connectivity index (χ3v) is 3.04. The van der Waals surface area contributed by atoms with E-state index in [1.807, 2.05) is 0 Å². The van der Waals surface area contributed by atoms with Gasteiger partial charge in [0.1, 0.15) is 0 Å². The summed E-state index contributed by atoms with van der Waals surface area (Å²) < 4.78 is 5.76. The maximum absolute atomic E-state index is 5.76. The third-order valence-electron chi connectivity index (χ3n) is 3.04. The lowest BCUT2D eigenvalue weighted by atomic mass is 10.1. The van der Waals surface area contributed by atoms with Gasteiger partial charge in [-0.3, -0.25) is 0 Å². The molecule has 0 unspecified atom stereocenters. The molecule has 0 aromatic heterocycles. The molecule has 1 rings (SSSR count). The average Bonchev–Trinajstić information content (AvgIpc) is 2.36. The largest absolute Gasteiger partial charge is 0.377 e. The fourth-order valence-corrected chi connectivity index (χ4v) is 1.84. The molecule has 0 aliphatic rings. The minimum Gasteiger partial charge on any atom is -0.377 e. The Balaban J connectivity index is 2.38. The van der Waals surface area contributed by atoms with Crippen molar-refractivity contribution in [1.29, 1.82) is 0 Å². The zero-order valence-electron chi connectivity index (χ0n) is 12.0. The van der Waals surface area contributed by atoms with Gasteiger partial charge in [0.25, 0.3) is 0 Å². The van der Waals surface area contributed by atoms with E-state index in [0.717, 1.165) is 39.1 Å². The summed E-state index contributed by atoms with van der Waals surface area (Å²) in [4.78, 5) is 0. The van der Waals surface area contributed by atoms with Crippen molar-refractivity contribution >= 4 is 0 Å². The van der Waals surface area contributed by atoms with E-state index in [0.29, 0.717) is 5.92 Å². The van der Waals surface area contributed by atoms with Gasteiger partial charge in [-0.1, -0.05) is 45.0 Å². The van der Waals surface area contributed by atoms with E-state index >= 15 is 0 Å². The van der Waals surface area contributed by atoms with Gasteiger partial charge in [-0.15, -0.1) is 0 Å². The van der Waals surface area contributed by atoms with Crippen LogP contribution in [0.3, 0.4) is 0 Å². The first-order valence-electron chi connectivity index (χ1n) is 7.09. The quantitative estimate of drug-likeness (QED) is 0.677. The van der Waals surface area contributed by atoms with Crippen LogP contribution in [-0.4, -0.2) is 19.7 Å². The number of ether oxygens (including phenoxy) is 1. The molecule has 2 heteroatoms. The van der Waals surface area contributed by atoms with Crippen molar-refractivity contribution in [3.8, 4) is 0 Å². The molecule has 1 aromatic carbocycles. The van der Waals surface area contributed by atoms with Crippen LogP contribution in [0.1, 0.15) is 38.3 Å². The molecule has 0 amide bonds. The number of rotatable bonds is 9. The maximum Gasteiger partial charge on any atom is 0.0719 e. The minimum absolute atomic E-state index is 0.717. The Morgan fingerprint density at radius 3 is 2.56 bits per heavy atom. The first-order valence-corrected chi connectivity index (χ1v) is 7.09. The van der Waals surface area contributed by atoms with Crippen LogP contribution in [0, 0.1) is 5.92 Å². The monoisotopic (exact) mass is 249 g/mol. The highest BCUT2D eigenvalue weighted by Crippen LogP contribution is 2.11. The van der Waals surface area contributed by atoms with Gasteiger partial charge in [0, 0.05) is 6.61 Å². The van der Waals surface area contributed by atoms with Gasteiger partial charge in [0.15, 0.2) is 0 Å². The van der Waals surface area contributed by atoms with Crippen LogP contribution in [0.5, 0.6) is 0 Å². The Morgan fingerprint density at radius 1 is 1.17 bits per heavy atom. The molecule has 102 valence electrons. The van der Waals surface area contributed by atoms with E-state index in [1.165, 1.54) is 11.1 Å². The minimum atomic E-state index is 0.717. The molecule has 0 aliphatic heterocycles. The molecule has 0 fully saturated rings. The molecule has 2 nitrogen and oxygen atoms in total. The standard InChI is InChI=1S/C16H27NO/c1-4-17-11-9-15-7-5-6-8-16(15)13-18-12-10-14(2)3/h5-8,14,17H,4,9-13H2,1-3H3. The van der Waals surface area contributed by atoms with E-state index in [9.17, 15) is 0 Å². The molecule has 0 heterocycles. The summed E-state index contributed by atoms with van der Waals surface area (Å²) in [7, 11) is 0. The van der Waals surface area contributed by atoms with Gasteiger partial charge in [0.05, 0.1) is 6.61 Å². The van der Waals surface area contributed by atoms with Crippen molar-refractivity contribution in [2.24, 2.45) is 5.92 Å². The van der Waals surface area contributed by atoms with Crippen molar-refractivity contribution in [2.45, 2.75) is 40.2 Å². The predicted molar refractivity (Wildman–Crippen MR) is 77.8 cm³/mol. The molecule has 0 atom stereocenters. The van der Waals surface area contributed by atoms with Gasteiger partial charge in [-0.05, 0) is 43.0 Å². The van der Waals surface area contributed by atoms with Crippen LogP contribution in [-0.2, 0) is 17.8 Å². The Morgan fingerprint density at radius 2 is 1.89 bits per heavy atom. The molecular weight excluding hydrogens is 222 g/mol. The predicted octanol–water partition coefficient (Wildman–Crippen LogP) is 3.40. The highest BCUT2D eigenvalue weighted by atomic mass is 16.5. The summed E-state index contributed by atoms with van der Waals surface area (Å²) in [6.45, 7) is 10.3. The lowest BCUT2D eigenvalue weighted by Gasteiger charge is -2.11. The summed E-state index contributed by atoms with van der Waals surface area (Å²) in [6.07, 6.45) is 2.22. The van der Waals surface area contributed by atoms with Gasteiger partial charge < -0.3 is 10.1 Å². The molecule has 0 spiro atoms. The normalized spacial score (nSPS) is 11.1. The van der Waals surface area contributed by atoms with Crippen molar-refractivity contribution < 1.29 is 4.74 Å². The van der Waals surface area contributed by atoms with Crippen molar-refractivity contribution in [1.82, 2.24) is 5.32 Å². The second-order valence-electron chi connectivity index (χ2n) is 5.11. The second-order valence-corrected chi connectivity index (χ2v) is 5.11. The number of nitrogens with one attached hydrogen (secondary N) is 1. The number of likely N-dealkylation sites (N-methyl/N-ethyl adjacent to an activating group) is 1. The van der Waals surface area contributed by atoms with E-state index < -0.39 is 0 Å². The summed E-state index contributed by atoms with van der Waals surface area (Å²) in [5, 5.41) is 3.37. The molecule has 0 saturated heterocycles. The summed E-state index contributed by atoms with van der Waals surface area (Å²) in [5.41, 5.74) is 2.74. The molecule has 0 radical (unpaired) electrons. The summed E-state index contributed by atoms with van der Waals surface area (Å²) in [6, 6.07) is 8.59. The Bertz CT molecular complexity index is 323. The maximum atomic E-state index is 5.76. The highest BCUT2D eigenvalue weighted by Gasteiger charge is 2.02. The van der Waals surface area contributed by atoms with Crippen LogP contribution in [0.2, 0.25) is 0 Å². The van der Waals surface area contributed by atoms with Gasteiger partial charge >= 0.3 is 0 Å². The third kappa shape index (κ3) is 6.18. The molecule has 1 aromatic rings. The molecular formula is C16H27NO. The average molecular weight is 249 g/mol. The number of hydrogen-bond donors (Lipinski definition) is 1. The van der Waals surface area contributed by atoms with Crippen LogP contribution < -0.4 is 5.32 Å². The lowest BCUT2D eigenvalue weighted by molar-refractivity contribution is 0.110. The van der Waals surface area contributed by atoms with E-state index in [2.05, 4.69) is 50.4 Å². The zero-order chi connectivity index (χ0) is 13.2. The van der Waals surface area contributed by atoms with Crippen molar-refractivity contribution in [3.05, 3.63) is 35.4 Å². The van der Waals surface area contributed by atoms with Crippen molar-refractivity contribution in [2.75, 3.05) is 19.7 Å². The van der Waals surface area contributed by atoms with Gasteiger partial charge in [0.2, 0.25) is 0 Å². The van der Waals surface area contributed by atoms with E-state index in [4.69, 9.17) is 4.74 Å². The molecule has 0 aliphatic carbocycles. The van der Waals surface area contributed by atoms with Crippen LogP contribution in [0.25, 0.3) is 0 Å². The van der Waals surface area contributed by atoms with Crippen LogP contribution in [0.15, 0.2) is 24.3 Å². The smallest absolute Gasteiger partial charge is 0.0719 e. The van der Waals surface area contributed by atoms with E-state index in [1.54, 1.807) is 0 Å². The Labute approximate surface area is 112 Å². The topological polar surface area (TPSA) is 21.3 Å². The number of benzene rings is 1. The van der Waals surface area contributed by atoms with Crippen molar-refractivity contribution in [3.63, 3.8) is 0 Å². The first-order chi connectivity index (χ1) is 8.74. The van der Waals surface area contributed by atoms with Crippen LogP contribution in [0.4, 0.5) is 0 Å². The molecule has 1 N–H and O–H groups in total. The second kappa shape index (κ2) is 9.12. The van der Waals surface area contributed by atoms with Gasteiger partial charge in [-0.2, -0.15) is 0 Å². The Hall–Kier alpha value is -0.860. The lowest BCUT2D eigenvalue weighted by Crippen LogP contribution is -2.16. The molecule has 0 saturated carbocycles. The fraction of sp³-hybridized carbons (Fsp3) is 0.625. The van der Waals surface area contributed by atoms with Gasteiger partial charge in [-0.25, -0.2) is 0 Å². The Kier molecular flexibility index (Phi) is 7.70. The highest BCUT2D eigenvalue weighted by molar-refractivity contribution is 5.26. The summed E-state index contributed by atoms with van der Waals surface area (Å²) >= 11 is 0. The molecule has 18 heavy (non-hydrogen) atoms. The zero-order valence-corrected chi connectivity index (χ0v) is 12.0.